The summed E-state index contributed by atoms with van der Waals surface area (Å²) in [6.45, 7) is 6.15. The second kappa shape index (κ2) is 8.37. The van der Waals surface area contributed by atoms with Gasteiger partial charge in [-0.05, 0) is 39.5 Å². The summed E-state index contributed by atoms with van der Waals surface area (Å²) < 4.78 is 11.4. The molecule has 8 heteroatoms. The number of carbonyl (C=O) groups is 3. The number of aliphatic hydroxyl groups excluding tert-OH is 1. The quantitative estimate of drug-likeness (QED) is 0.554. The van der Waals surface area contributed by atoms with E-state index in [1.54, 1.807) is 6.92 Å². The van der Waals surface area contributed by atoms with Crippen LogP contribution in [0.4, 0.5) is 0 Å². The zero-order chi connectivity index (χ0) is 20.5. The third-order valence-corrected chi connectivity index (χ3v) is 6.27. The van der Waals surface area contributed by atoms with Crippen LogP contribution in [0.1, 0.15) is 52.9 Å². The van der Waals surface area contributed by atoms with Crippen LogP contribution in [0, 0.1) is 11.8 Å². The summed E-state index contributed by atoms with van der Waals surface area (Å²) in [6.07, 6.45) is 2.98. The maximum absolute atomic E-state index is 13.3. The molecule has 0 saturated carbocycles. The van der Waals surface area contributed by atoms with Crippen molar-refractivity contribution in [2.45, 2.75) is 76.7 Å². The average molecular weight is 396 g/mol. The molecule has 3 saturated heterocycles. The van der Waals surface area contributed by atoms with Gasteiger partial charge in [-0.1, -0.05) is 13.3 Å². The Morgan fingerprint density at radius 1 is 1.43 bits per heavy atom. The molecule has 8 nitrogen and oxygen atoms in total. The number of fused-ring (bicyclic) bond motifs is 1. The number of carbonyl (C=O) groups excluding carboxylic acids is 3. The zero-order valence-electron chi connectivity index (χ0n) is 17.0. The molecule has 0 radical (unpaired) electrons. The van der Waals surface area contributed by atoms with Gasteiger partial charge >= 0.3 is 5.97 Å². The minimum atomic E-state index is -0.981. The molecule has 2 N–H and O–H groups in total. The molecule has 3 aliphatic heterocycles. The number of likely N-dealkylation sites (tertiary alicyclic amines) is 1. The molecule has 0 aromatic rings. The van der Waals surface area contributed by atoms with Crippen LogP contribution in [0.3, 0.4) is 0 Å². The van der Waals surface area contributed by atoms with Gasteiger partial charge in [0.2, 0.25) is 11.8 Å². The molecular formula is C20H32N2O6. The van der Waals surface area contributed by atoms with Crippen LogP contribution >= 0.6 is 0 Å². The van der Waals surface area contributed by atoms with Crippen LogP contribution in [0.2, 0.25) is 0 Å². The lowest BCUT2D eigenvalue weighted by Crippen LogP contribution is -2.56. The van der Waals surface area contributed by atoms with Gasteiger partial charge in [0.15, 0.2) is 0 Å². The predicted octanol–water partition coefficient (Wildman–Crippen LogP) is 0.611. The molecule has 1 spiro atoms. The summed E-state index contributed by atoms with van der Waals surface area (Å²) >= 11 is 0. The number of nitrogens with zero attached hydrogens (tertiary/aromatic N) is 1. The second-order valence-corrected chi connectivity index (χ2v) is 8.12. The molecule has 3 aliphatic rings. The van der Waals surface area contributed by atoms with Crippen LogP contribution in [0.15, 0.2) is 0 Å². The maximum Gasteiger partial charge on any atom is 0.312 e. The number of hydrogen-bond acceptors (Lipinski definition) is 6. The molecule has 2 amide bonds. The highest BCUT2D eigenvalue weighted by atomic mass is 16.6. The number of hydrogen-bond donors (Lipinski definition) is 2. The van der Waals surface area contributed by atoms with E-state index in [1.807, 2.05) is 6.92 Å². The standard InChI is InChI=1S/C20H32N2O6/c1-4-7-12(3)21-17(24)16-20-9-8-13(28-20)14(19(26)27-5-2)15(20)18(25)22(16)10-6-11-23/h12-16,23H,4-11H2,1-3H3,(H,21,24)/t12?,13-,14+,15+,16-,20+/m0/s1. The van der Waals surface area contributed by atoms with Crippen molar-refractivity contribution >= 4 is 17.8 Å². The Kier molecular flexibility index (Phi) is 6.29. The Morgan fingerprint density at radius 2 is 2.18 bits per heavy atom. The van der Waals surface area contributed by atoms with Crippen molar-refractivity contribution in [2.24, 2.45) is 11.8 Å². The Bertz CT molecular complexity index is 626. The van der Waals surface area contributed by atoms with Crippen molar-refractivity contribution in [3.8, 4) is 0 Å². The number of aliphatic hydroxyl groups is 1. The molecule has 1 unspecified atom stereocenters. The van der Waals surface area contributed by atoms with E-state index in [4.69, 9.17) is 9.47 Å². The first-order valence-electron chi connectivity index (χ1n) is 10.5. The molecule has 3 rings (SSSR count). The number of rotatable bonds is 9. The Hall–Kier alpha value is -1.67. The molecule has 28 heavy (non-hydrogen) atoms. The predicted molar refractivity (Wildman–Crippen MR) is 100 cm³/mol. The number of amides is 2. The van der Waals surface area contributed by atoms with Crippen LogP contribution in [-0.2, 0) is 23.9 Å². The highest BCUT2D eigenvalue weighted by molar-refractivity contribution is 5.98. The Labute approximate surface area is 165 Å². The summed E-state index contributed by atoms with van der Waals surface area (Å²) in [7, 11) is 0. The molecule has 0 aromatic heterocycles. The van der Waals surface area contributed by atoms with E-state index in [9.17, 15) is 19.5 Å². The summed E-state index contributed by atoms with van der Waals surface area (Å²) in [5, 5.41) is 12.3. The average Bonchev–Trinajstić information content (AvgIpc) is 3.27. The molecule has 158 valence electrons. The van der Waals surface area contributed by atoms with Crippen molar-refractivity contribution < 1.29 is 29.0 Å². The second-order valence-electron chi connectivity index (χ2n) is 8.12. The molecule has 0 aliphatic carbocycles. The van der Waals surface area contributed by atoms with E-state index in [0.29, 0.717) is 19.3 Å². The van der Waals surface area contributed by atoms with E-state index in [1.165, 1.54) is 4.90 Å². The first kappa shape index (κ1) is 21.0. The number of nitrogens with one attached hydrogen (secondary N) is 1. The number of esters is 1. The third-order valence-electron chi connectivity index (χ3n) is 6.27. The van der Waals surface area contributed by atoms with Crippen molar-refractivity contribution in [2.75, 3.05) is 19.8 Å². The van der Waals surface area contributed by atoms with E-state index < -0.39 is 29.4 Å². The zero-order valence-corrected chi connectivity index (χ0v) is 17.0. The Balaban J connectivity index is 1.92. The molecular weight excluding hydrogens is 364 g/mol. The Morgan fingerprint density at radius 3 is 2.82 bits per heavy atom. The highest BCUT2D eigenvalue weighted by Gasteiger charge is 2.74. The lowest BCUT2D eigenvalue weighted by Gasteiger charge is -2.34. The largest absolute Gasteiger partial charge is 0.466 e. The lowest BCUT2D eigenvalue weighted by molar-refractivity contribution is -0.154. The molecule has 6 atom stereocenters. The first-order valence-corrected chi connectivity index (χ1v) is 10.5. The molecule has 2 bridgehead atoms. The molecule has 3 fully saturated rings. The summed E-state index contributed by atoms with van der Waals surface area (Å²) in [6, 6.07) is -0.789. The van der Waals surface area contributed by atoms with Crippen molar-refractivity contribution in [1.29, 1.82) is 0 Å². The van der Waals surface area contributed by atoms with Gasteiger partial charge < -0.3 is 24.8 Å². The molecule has 0 aromatic carbocycles. The summed E-state index contributed by atoms with van der Waals surface area (Å²) in [4.78, 5) is 40.6. The minimum absolute atomic E-state index is 0.0119. The topological polar surface area (TPSA) is 105 Å². The van der Waals surface area contributed by atoms with Crippen molar-refractivity contribution in [3.05, 3.63) is 0 Å². The summed E-state index contributed by atoms with van der Waals surface area (Å²) in [5.41, 5.74) is -0.981. The van der Waals surface area contributed by atoms with Gasteiger partial charge in [-0.25, -0.2) is 0 Å². The van der Waals surface area contributed by atoms with E-state index in [0.717, 1.165) is 12.8 Å². The van der Waals surface area contributed by atoms with Gasteiger partial charge in [0, 0.05) is 19.2 Å². The fourth-order valence-electron chi connectivity index (χ4n) is 5.27. The fourth-order valence-corrected chi connectivity index (χ4v) is 5.27. The SMILES string of the molecule is CCCC(C)NC(=O)[C@@H]1N(CCCO)C(=O)[C@H]2[C@H](C(=O)OCC)[C@@H]3CC[C@]12O3. The first-order chi connectivity index (χ1) is 13.4. The van der Waals surface area contributed by atoms with Gasteiger partial charge in [-0.2, -0.15) is 0 Å². The fraction of sp³-hybridized carbons (Fsp3) is 0.850. The normalized spacial score (nSPS) is 34.4. The van der Waals surface area contributed by atoms with E-state index in [-0.39, 0.29) is 43.7 Å². The molecule has 3 heterocycles. The van der Waals surface area contributed by atoms with E-state index >= 15 is 0 Å². The van der Waals surface area contributed by atoms with Gasteiger partial charge in [-0.3, -0.25) is 14.4 Å². The van der Waals surface area contributed by atoms with Gasteiger partial charge in [-0.15, -0.1) is 0 Å². The maximum atomic E-state index is 13.3. The summed E-state index contributed by atoms with van der Waals surface area (Å²) in [5.74, 6) is -2.25. The van der Waals surface area contributed by atoms with Gasteiger partial charge in [0.25, 0.3) is 0 Å². The van der Waals surface area contributed by atoms with Gasteiger partial charge in [0.1, 0.15) is 11.6 Å². The highest BCUT2D eigenvalue weighted by Crippen LogP contribution is 2.58. The lowest BCUT2D eigenvalue weighted by atomic mass is 9.70. The number of ether oxygens (including phenoxy) is 2. The monoisotopic (exact) mass is 396 g/mol. The smallest absolute Gasteiger partial charge is 0.312 e. The van der Waals surface area contributed by atoms with Crippen LogP contribution in [0.25, 0.3) is 0 Å². The third kappa shape index (κ3) is 3.30. The minimum Gasteiger partial charge on any atom is -0.466 e. The van der Waals surface area contributed by atoms with Crippen LogP contribution in [0.5, 0.6) is 0 Å². The van der Waals surface area contributed by atoms with Crippen molar-refractivity contribution in [1.82, 2.24) is 10.2 Å². The van der Waals surface area contributed by atoms with Crippen molar-refractivity contribution in [3.63, 3.8) is 0 Å². The van der Waals surface area contributed by atoms with E-state index in [2.05, 4.69) is 12.2 Å². The van der Waals surface area contributed by atoms with Crippen LogP contribution < -0.4 is 5.32 Å². The van der Waals surface area contributed by atoms with Crippen LogP contribution in [-0.4, -0.2) is 71.3 Å². The van der Waals surface area contributed by atoms with Gasteiger partial charge in [0.05, 0.1) is 24.5 Å².